The number of fused-ring (bicyclic) bond motifs is 1. The number of benzene rings is 2. The number of cyclic esters (lactones) is 1. The predicted molar refractivity (Wildman–Crippen MR) is 140 cm³/mol. The minimum atomic E-state index is -0.739. The maximum absolute atomic E-state index is 15.2. The van der Waals surface area contributed by atoms with Crippen molar-refractivity contribution in [2.75, 3.05) is 55.8 Å². The molecular weight excluding hydrogens is 499 g/mol. The number of aromatic nitrogens is 2. The second kappa shape index (κ2) is 9.92. The van der Waals surface area contributed by atoms with E-state index in [1.54, 1.807) is 35.0 Å². The lowest BCUT2D eigenvalue weighted by Crippen LogP contribution is -2.49. The lowest BCUT2D eigenvalue weighted by atomic mass is 10.1. The van der Waals surface area contributed by atoms with Crippen LogP contribution in [0.5, 0.6) is 0 Å². The molecule has 5 rings (SSSR count). The average Bonchev–Trinajstić information content (AvgIpc) is 3.47. The highest BCUT2D eigenvalue weighted by Crippen LogP contribution is 2.30. The third-order valence-electron chi connectivity index (χ3n) is 6.80. The molecule has 2 aromatic carbocycles. The van der Waals surface area contributed by atoms with Crippen LogP contribution >= 0.6 is 11.8 Å². The fraction of sp³-hybridized carbons (Fsp3) is 0.360. The van der Waals surface area contributed by atoms with E-state index < -0.39 is 18.1 Å². The van der Waals surface area contributed by atoms with Gasteiger partial charge in [0.2, 0.25) is 0 Å². The number of ether oxygens (including phenoxy) is 1. The summed E-state index contributed by atoms with van der Waals surface area (Å²) in [6.07, 6.45) is 0.279. The number of carbonyl (C=O) groups excluding carboxylic acids is 3. The third kappa shape index (κ3) is 4.57. The van der Waals surface area contributed by atoms with E-state index in [2.05, 4.69) is 5.10 Å². The monoisotopic (exact) mass is 526 g/mol. The van der Waals surface area contributed by atoms with Gasteiger partial charge in [-0.3, -0.25) is 24.1 Å². The topological polar surface area (TPSA) is 91.2 Å². The highest BCUT2D eigenvalue weighted by atomic mass is 32.2. The van der Waals surface area contributed by atoms with Crippen molar-refractivity contribution < 1.29 is 23.5 Å². The number of rotatable bonds is 4. The maximum Gasteiger partial charge on any atom is 0.416 e. The Hall–Kier alpha value is -3.80. The highest BCUT2D eigenvalue weighted by Gasteiger charge is 2.37. The number of anilines is 2. The van der Waals surface area contributed by atoms with E-state index in [1.807, 2.05) is 36.2 Å². The summed E-state index contributed by atoms with van der Waals surface area (Å²) in [7, 11) is 3.37. The molecule has 0 spiro atoms. The van der Waals surface area contributed by atoms with E-state index in [4.69, 9.17) is 4.74 Å². The zero-order chi connectivity index (χ0) is 26.3. The van der Waals surface area contributed by atoms with Crippen LogP contribution < -0.4 is 9.80 Å². The summed E-state index contributed by atoms with van der Waals surface area (Å²) < 4.78 is 22.2. The minimum absolute atomic E-state index is 0.114. The molecule has 3 heterocycles. The highest BCUT2D eigenvalue weighted by molar-refractivity contribution is 8.12. The molecule has 1 aromatic heterocycles. The van der Waals surface area contributed by atoms with Crippen molar-refractivity contribution in [1.82, 2.24) is 19.6 Å². The van der Waals surface area contributed by atoms with Gasteiger partial charge in [0.1, 0.15) is 5.82 Å². The molecule has 3 aromatic rings. The molecule has 3 amide bonds. The standard InChI is InChI=1S/C25H27FN6O4S/c1-28(25(35)37-3)21-15-32(24(34)36-21)16-8-9-20(18(26)14-16)30-10-12-31(13-11-30)23(33)22-17-6-4-5-7-19(17)29(2)27-22/h4-9,14,21H,10-13,15H2,1-3H3. The summed E-state index contributed by atoms with van der Waals surface area (Å²) in [5.41, 5.74) is 2.07. The van der Waals surface area contributed by atoms with E-state index in [-0.39, 0.29) is 17.7 Å². The molecule has 12 heteroatoms. The lowest BCUT2D eigenvalue weighted by molar-refractivity contribution is 0.0668. The van der Waals surface area contributed by atoms with Crippen LogP contribution in [0.25, 0.3) is 10.9 Å². The molecule has 37 heavy (non-hydrogen) atoms. The van der Waals surface area contributed by atoms with Crippen LogP contribution in [-0.2, 0) is 11.8 Å². The predicted octanol–water partition coefficient (Wildman–Crippen LogP) is 3.37. The van der Waals surface area contributed by atoms with Gasteiger partial charge >= 0.3 is 6.09 Å². The number of amides is 3. The molecule has 0 N–H and O–H groups in total. The SMILES string of the molecule is CSC(=O)N(C)C1CN(c2ccc(N3CCN(C(=O)c4nn(C)c5ccccc45)CC3)c(F)c2)C(=O)O1. The van der Waals surface area contributed by atoms with Crippen molar-refractivity contribution >= 4 is 51.3 Å². The van der Waals surface area contributed by atoms with Crippen molar-refractivity contribution in [2.24, 2.45) is 7.05 Å². The first-order valence-electron chi connectivity index (χ1n) is 11.8. The molecular formula is C25H27FN6O4S. The molecule has 0 radical (unpaired) electrons. The summed E-state index contributed by atoms with van der Waals surface area (Å²) in [5, 5.41) is 5.01. The Morgan fingerprint density at radius 3 is 2.57 bits per heavy atom. The van der Waals surface area contributed by atoms with E-state index in [1.165, 1.54) is 15.9 Å². The normalized spacial score (nSPS) is 17.9. The van der Waals surface area contributed by atoms with Gasteiger partial charge in [-0.1, -0.05) is 30.0 Å². The largest absolute Gasteiger partial charge is 0.423 e. The number of hydrogen-bond acceptors (Lipinski definition) is 7. The molecule has 2 saturated heterocycles. The van der Waals surface area contributed by atoms with E-state index in [0.717, 1.165) is 22.7 Å². The van der Waals surface area contributed by atoms with Gasteiger partial charge in [-0.15, -0.1) is 0 Å². The van der Waals surface area contributed by atoms with Crippen molar-refractivity contribution in [3.63, 3.8) is 0 Å². The number of carbonyl (C=O) groups is 3. The quantitative estimate of drug-likeness (QED) is 0.515. The number of nitrogens with zero attached hydrogens (tertiary/aromatic N) is 6. The second-order valence-electron chi connectivity index (χ2n) is 8.93. The van der Waals surface area contributed by atoms with Gasteiger partial charge in [0.05, 0.1) is 23.4 Å². The van der Waals surface area contributed by atoms with Crippen LogP contribution in [0, 0.1) is 5.82 Å². The van der Waals surface area contributed by atoms with Gasteiger partial charge in [-0.25, -0.2) is 9.18 Å². The van der Waals surface area contributed by atoms with Gasteiger partial charge in [0.15, 0.2) is 11.9 Å². The van der Waals surface area contributed by atoms with Crippen molar-refractivity contribution in [1.29, 1.82) is 0 Å². The van der Waals surface area contributed by atoms with Gasteiger partial charge < -0.3 is 14.5 Å². The van der Waals surface area contributed by atoms with Crippen molar-refractivity contribution in [2.45, 2.75) is 6.23 Å². The molecule has 1 unspecified atom stereocenters. The molecule has 2 aliphatic heterocycles. The number of likely N-dealkylation sites (N-methyl/N-ethyl adjacent to an activating group) is 1. The van der Waals surface area contributed by atoms with Crippen LogP contribution in [-0.4, -0.2) is 89.1 Å². The summed E-state index contributed by atoms with van der Waals surface area (Å²) in [6, 6.07) is 12.2. The first-order valence-corrected chi connectivity index (χ1v) is 13.1. The van der Waals surface area contributed by atoms with Gasteiger partial charge in [0, 0.05) is 45.7 Å². The Bertz CT molecular complexity index is 1370. The van der Waals surface area contributed by atoms with Crippen LogP contribution in [0.15, 0.2) is 42.5 Å². The van der Waals surface area contributed by atoms with Gasteiger partial charge in [0.25, 0.3) is 11.1 Å². The Morgan fingerprint density at radius 1 is 1.14 bits per heavy atom. The first-order chi connectivity index (χ1) is 17.8. The summed E-state index contributed by atoms with van der Waals surface area (Å²) >= 11 is 1.02. The Morgan fingerprint density at radius 2 is 1.86 bits per heavy atom. The molecule has 10 nitrogen and oxygen atoms in total. The van der Waals surface area contributed by atoms with Gasteiger partial charge in [-0.2, -0.15) is 5.10 Å². The summed E-state index contributed by atoms with van der Waals surface area (Å²) in [6.45, 7) is 1.90. The third-order valence-corrected chi connectivity index (χ3v) is 7.44. The number of piperazine rings is 1. The zero-order valence-electron chi connectivity index (χ0n) is 20.8. The molecule has 0 bridgehead atoms. The zero-order valence-corrected chi connectivity index (χ0v) is 21.6. The van der Waals surface area contributed by atoms with Crippen LogP contribution in [0.1, 0.15) is 10.5 Å². The molecule has 2 aliphatic rings. The Balaban J connectivity index is 1.25. The minimum Gasteiger partial charge on any atom is -0.423 e. The van der Waals surface area contributed by atoms with E-state index >= 15 is 4.39 Å². The maximum atomic E-state index is 15.2. The number of para-hydroxylation sites is 1. The van der Waals surface area contributed by atoms with E-state index in [0.29, 0.717) is 43.2 Å². The summed E-state index contributed by atoms with van der Waals surface area (Å²) in [5.74, 6) is -0.614. The van der Waals surface area contributed by atoms with Gasteiger partial charge in [-0.05, 0) is 30.5 Å². The lowest BCUT2D eigenvalue weighted by Gasteiger charge is -2.36. The van der Waals surface area contributed by atoms with Crippen LogP contribution in [0.2, 0.25) is 0 Å². The Labute approximate surface area is 217 Å². The second-order valence-corrected chi connectivity index (χ2v) is 9.69. The number of thioether (sulfide) groups is 1. The molecule has 0 saturated carbocycles. The molecule has 194 valence electrons. The van der Waals surface area contributed by atoms with Crippen LogP contribution in [0.3, 0.4) is 0 Å². The van der Waals surface area contributed by atoms with Crippen molar-refractivity contribution in [3.8, 4) is 0 Å². The van der Waals surface area contributed by atoms with Crippen LogP contribution in [0.4, 0.5) is 25.4 Å². The summed E-state index contributed by atoms with van der Waals surface area (Å²) in [4.78, 5) is 43.8. The molecule has 2 fully saturated rings. The number of halogens is 1. The fourth-order valence-electron chi connectivity index (χ4n) is 4.71. The average molecular weight is 527 g/mol. The van der Waals surface area contributed by atoms with E-state index in [9.17, 15) is 14.4 Å². The molecule has 1 atom stereocenters. The smallest absolute Gasteiger partial charge is 0.416 e. The number of hydrogen-bond donors (Lipinski definition) is 0. The van der Waals surface area contributed by atoms with Crippen molar-refractivity contribution in [3.05, 3.63) is 54.0 Å². The first kappa shape index (κ1) is 24.9. The number of aryl methyl sites for hydroxylation is 1. The molecule has 0 aliphatic carbocycles. The Kier molecular flexibility index (Phi) is 6.67. The fourth-order valence-corrected chi connectivity index (χ4v) is 5.12.